The van der Waals surface area contributed by atoms with Crippen molar-refractivity contribution in [3.63, 3.8) is 0 Å². The molecule has 190 valence electrons. The number of rotatable bonds is 2. The van der Waals surface area contributed by atoms with Crippen molar-refractivity contribution in [3.8, 4) is 44.9 Å². The summed E-state index contributed by atoms with van der Waals surface area (Å²) in [7, 11) is 0. The Morgan fingerprint density at radius 2 is 0.927 bits per heavy atom. The number of hydrogen-bond acceptors (Lipinski definition) is 1. The van der Waals surface area contributed by atoms with Crippen molar-refractivity contribution >= 4 is 43.1 Å². The molecule has 1 aliphatic heterocycles. The standard InChI is InChI=1S/C40H24O/c1-2-10-25(11-3-1)34-23-36-31-17-7-5-15-29(31)35(24-37(36)30-16-6-4-14-28(30)34)27-20-21-32-33-18-8-12-26-13-9-19-38(40(26)33)41-39(32)22-27/h1-24H. The van der Waals surface area contributed by atoms with Gasteiger partial charge < -0.3 is 4.74 Å². The summed E-state index contributed by atoms with van der Waals surface area (Å²) in [5.41, 5.74) is 7.25. The minimum atomic E-state index is 0.905. The highest BCUT2D eigenvalue weighted by Gasteiger charge is 2.21. The fourth-order valence-corrected chi connectivity index (χ4v) is 6.78. The van der Waals surface area contributed by atoms with Crippen molar-refractivity contribution in [3.05, 3.63) is 146 Å². The highest BCUT2D eigenvalue weighted by Crippen LogP contribution is 2.48. The second kappa shape index (κ2) is 8.55. The van der Waals surface area contributed by atoms with E-state index in [0.29, 0.717) is 0 Å². The summed E-state index contributed by atoms with van der Waals surface area (Å²) >= 11 is 0. The van der Waals surface area contributed by atoms with E-state index < -0.39 is 0 Å². The van der Waals surface area contributed by atoms with Crippen LogP contribution in [-0.2, 0) is 0 Å². The molecule has 0 radical (unpaired) electrons. The monoisotopic (exact) mass is 520 g/mol. The molecule has 1 nitrogen and oxygen atoms in total. The quantitative estimate of drug-likeness (QED) is 0.206. The van der Waals surface area contributed by atoms with Gasteiger partial charge in [-0.15, -0.1) is 0 Å². The Bertz CT molecular complexity index is 2320. The molecule has 1 heteroatoms. The Morgan fingerprint density at radius 1 is 0.317 bits per heavy atom. The van der Waals surface area contributed by atoms with E-state index in [2.05, 4.69) is 146 Å². The van der Waals surface area contributed by atoms with E-state index in [-0.39, 0.29) is 0 Å². The van der Waals surface area contributed by atoms with Gasteiger partial charge in [-0.05, 0) is 95.9 Å². The van der Waals surface area contributed by atoms with Gasteiger partial charge in [-0.1, -0.05) is 115 Å². The largest absolute Gasteiger partial charge is 0.456 e. The van der Waals surface area contributed by atoms with Gasteiger partial charge in [0.1, 0.15) is 11.5 Å². The molecule has 0 fully saturated rings. The molecule has 0 unspecified atom stereocenters. The van der Waals surface area contributed by atoms with Crippen LogP contribution in [0.25, 0.3) is 76.5 Å². The average molecular weight is 521 g/mol. The fourth-order valence-electron chi connectivity index (χ4n) is 6.78. The summed E-state index contributed by atoms with van der Waals surface area (Å²) in [6.07, 6.45) is 0. The first-order valence-corrected chi connectivity index (χ1v) is 14.1. The summed E-state index contributed by atoms with van der Waals surface area (Å²) in [5, 5.41) is 9.98. The Hall–Kier alpha value is -5.40. The molecule has 1 heterocycles. The van der Waals surface area contributed by atoms with Crippen LogP contribution in [0.2, 0.25) is 0 Å². The maximum Gasteiger partial charge on any atom is 0.135 e. The van der Waals surface area contributed by atoms with Gasteiger partial charge in [0.05, 0.1) is 0 Å². The lowest BCUT2D eigenvalue weighted by Crippen LogP contribution is -1.97. The SMILES string of the molecule is c1ccc(-c2cc3c4ccccc4c(-c4ccc5c(c4)Oc4cccc6cccc-5c46)cc3c3ccccc23)cc1. The van der Waals surface area contributed by atoms with Crippen LogP contribution in [0, 0.1) is 0 Å². The van der Waals surface area contributed by atoms with Crippen molar-refractivity contribution < 1.29 is 4.74 Å². The van der Waals surface area contributed by atoms with Crippen LogP contribution in [0.3, 0.4) is 0 Å². The van der Waals surface area contributed by atoms with Gasteiger partial charge in [-0.25, -0.2) is 0 Å². The summed E-state index contributed by atoms with van der Waals surface area (Å²) in [6, 6.07) is 52.6. The van der Waals surface area contributed by atoms with Crippen LogP contribution in [0.4, 0.5) is 0 Å². The van der Waals surface area contributed by atoms with Gasteiger partial charge in [0.2, 0.25) is 0 Å². The van der Waals surface area contributed by atoms with Crippen LogP contribution in [0.5, 0.6) is 11.5 Å². The lowest BCUT2D eigenvalue weighted by atomic mass is 9.87. The van der Waals surface area contributed by atoms with Gasteiger partial charge in [0.15, 0.2) is 0 Å². The van der Waals surface area contributed by atoms with E-state index in [1.165, 1.54) is 65.3 Å². The van der Waals surface area contributed by atoms with Crippen LogP contribution in [0.1, 0.15) is 0 Å². The number of ether oxygens (including phenoxy) is 1. The Morgan fingerprint density at radius 3 is 1.63 bits per heavy atom. The zero-order chi connectivity index (χ0) is 26.9. The molecule has 9 rings (SSSR count). The van der Waals surface area contributed by atoms with Crippen molar-refractivity contribution in [2.24, 2.45) is 0 Å². The van der Waals surface area contributed by atoms with E-state index in [1.807, 2.05) is 0 Å². The van der Waals surface area contributed by atoms with Gasteiger partial charge in [0.25, 0.3) is 0 Å². The molecule has 41 heavy (non-hydrogen) atoms. The third-order valence-corrected chi connectivity index (χ3v) is 8.64. The molecule has 0 amide bonds. The maximum atomic E-state index is 6.55. The predicted octanol–water partition coefficient (Wildman–Crippen LogP) is 11.4. The van der Waals surface area contributed by atoms with E-state index in [9.17, 15) is 0 Å². The van der Waals surface area contributed by atoms with Gasteiger partial charge in [-0.3, -0.25) is 0 Å². The zero-order valence-electron chi connectivity index (χ0n) is 22.3. The highest BCUT2D eigenvalue weighted by molar-refractivity contribution is 6.24. The third kappa shape index (κ3) is 3.30. The normalized spacial score (nSPS) is 12.1. The van der Waals surface area contributed by atoms with Crippen LogP contribution < -0.4 is 4.74 Å². The highest BCUT2D eigenvalue weighted by atomic mass is 16.5. The van der Waals surface area contributed by atoms with Crippen LogP contribution in [0.15, 0.2) is 146 Å². The van der Waals surface area contributed by atoms with Gasteiger partial charge in [0, 0.05) is 10.9 Å². The maximum absolute atomic E-state index is 6.55. The van der Waals surface area contributed by atoms with Crippen LogP contribution in [-0.4, -0.2) is 0 Å². The van der Waals surface area contributed by atoms with Crippen molar-refractivity contribution in [2.45, 2.75) is 0 Å². The summed E-state index contributed by atoms with van der Waals surface area (Å²) in [5.74, 6) is 1.83. The molecule has 0 bridgehead atoms. The second-order valence-electron chi connectivity index (χ2n) is 10.9. The molecule has 0 saturated heterocycles. The molecule has 8 aromatic rings. The lowest BCUT2D eigenvalue weighted by molar-refractivity contribution is 0.487. The number of hydrogen-bond donors (Lipinski definition) is 0. The number of fused-ring (bicyclic) bond motifs is 7. The summed E-state index contributed by atoms with van der Waals surface area (Å²) < 4.78 is 6.55. The molecule has 0 spiro atoms. The average Bonchev–Trinajstić information content (AvgIpc) is 3.04. The zero-order valence-corrected chi connectivity index (χ0v) is 22.3. The van der Waals surface area contributed by atoms with Gasteiger partial charge in [-0.2, -0.15) is 0 Å². The molecule has 0 saturated carbocycles. The molecule has 0 aliphatic carbocycles. The predicted molar refractivity (Wildman–Crippen MR) is 173 cm³/mol. The first-order valence-electron chi connectivity index (χ1n) is 14.1. The molecule has 1 aliphatic rings. The molecule has 0 aromatic heterocycles. The molecule has 0 N–H and O–H groups in total. The van der Waals surface area contributed by atoms with E-state index in [4.69, 9.17) is 4.74 Å². The van der Waals surface area contributed by atoms with Crippen molar-refractivity contribution in [1.29, 1.82) is 0 Å². The topological polar surface area (TPSA) is 9.23 Å². The summed E-state index contributed by atoms with van der Waals surface area (Å²) in [6.45, 7) is 0. The summed E-state index contributed by atoms with van der Waals surface area (Å²) in [4.78, 5) is 0. The smallest absolute Gasteiger partial charge is 0.135 e. The number of benzene rings is 8. The first-order chi connectivity index (χ1) is 20.3. The Kier molecular flexibility index (Phi) is 4.67. The van der Waals surface area contributed by atoms with Crippen molar-refractivity contribution in [2.75, 3.05) is 0 Å². The fraction of sp³-hybridized carbons (Fsp3) is 0. The van der Waals surface area contributed by atoms with Crippen LogP contribution >= 0.6 is 0 Å². The Labute approximate surface area is 237 Å². The van der Waals surface area contributed by atoms with E-state index >= 15 is 0 Å². The second-order valence-corrected chi connectivity index (χ2v) is 10.9. The molecular weight excluding hydrogens is 496 g/mol. The molecule has 0 atom stereocenters. The van der Waals surface area contributed by atoms with E-state index in [1.54, 1.807) is 0 Å². The van der Waals surface area contributed by atoms with Gasteiger partial charge >= 0.3 is 0 Å². The lowest BCUT2D eigenvalue weighted by Gasteiger charge is -2.22. The third-order valence-electron chi connectivity index (χ3n) is 8.64. The molecule has 8 aromatic carbocycles. The van der Waals surface area contributed by atoms with Crippen molar-refractivity contribution in [1.82, 2.24) is 0 Å². The molecular formula is C40H24O. The minimum absolute atomic E-state index is 0.905. The Balaban J connectivity index is 1.32. The minimum Gasteiger partial charge on any atom is -0.456 e. The first kappa shape index (κ1) is 22.4. The van der Waals surface area contributed by atoms with E-state index in [0.717, 1.165) is 22.6 Å².